The zero-order chi connectivity index (χ0) is 13.5. The third-order valence-corrected chi connectivity index (χ3v) is 3.44. The summed E-state index contributed by atoms with van der Waals surface area (Å²) in [6.45, 7) is 3.96. The first kappa shape index (κ1) is 13.8. The van der Waals surface area contributed by atoms with Crippen molar-refractivity contribution in [1.29, 1.82) is 0 Å². The number of nitrogens with one attached hydrogen (secondary N) is 2. The van der Waals surface area contributed by atoms with E-state index in [1.54, 1.807) is 25.4 Å². The van der Waals surface area contributed by atoms with Crippen molar-refractivity contribution in [1.82, 2.24) is 15.2 Å². The summed E-state index contributed by atoms with van der Waals surface area (Å²) in [5.41, 5.74) is 0.609. The smallest absolute Gasteiger partial charge is 0.252 e. The Bertz CT molecular complexity index is 398. The monoisotopic (exact) mass is 262 g/mol. The van der Waals surface area contributed by atoms with Crippen LogP contribution in [0, 0.1) is 0 Å². The summed E-state index contributed by atoms with van der Waals surface area (Å²) < 4.78 is 0. The van der Waals surface area contributed by atoms with E-state index in [1.807, 2.05) is 0 Å². The molecule has 2 heterocycles. The van der Waals surface area contributed by atoms with Crippen molar-refractivity contribution in [2.45, 2.75) is 19.3 Å². The molecule has 2 rings (SSSR count). The lowest BCUT2D eigenvalue weighted by Crippen LogP contribution is -2.37. The molecule has 1 amide bonds. The summed E-state index contributed by atoms with van der Waals surface area (Å²) in [4.78, 5) is 18.4. The Morgan fingerprint density at radius 1 is 1.32 bits per heavy atom. The molecule has 1 aromatic heterocycles. The van der Waals surface area contributed by atoms with E-state index >= 15 is 0 Å². The fourth-order valence-corrected chi connectivity index (χ4v) is 2.29. The van der Waals surface area contributed by atoms with Crippen LogP contribution in [0.25, 0.3) is 0 Å². The maximum absolute atomic E-state index is 11.9. The van der Waals surface area contributed by atoms with Gasteiger partial charge in [-0.25, -0.2) is 4.98 Å². The number of nitrogens with zero attached hydrogens (tertiary/aromatic N) is 2. The summed E-state index contributed by atoms with van der Waals surface area (Å²) in [5, 5.41) is 5.87. The van der Waals surface area contributed by atoms with Crippen LogP contribution >= 0.6 is 0 Å². The van der Waals surface area contributed by atoms with Crippen molar-refractivity contribution in [2.75, 3.05) is 38.5 Å². The molecule has 1 fully saturated rings. The average molecular weight is 262 g/mol. The predicted octanol–water partition coefficient (Wildman–Crippen LogP) is 1.34. The van der Waals surface area contributed by atoms with Crippen molar-refractivity contribution < 1.29 is 4.79 Å². The molecule has 1 aliphatic rings. The summed E-state index contributed by atoms with van der Waals surface area (Å²) >= 11 is 0. The Labute approximate surface area is 114 Å². The van der Waals surface area contributed by atoms with Gasteiger partial charge in [-0.2, -0.15) is 0 Å². The van der Waals surface area contributed by atoms with Crippen molar-refractivity contribution in [3.05, 3.63) is 23.9 Å². The van der Waals surface area contributed by atoms with Crippen molar-refractivity contribution in [3.8, 4) is 0 Å². The van der Waals surface area contributed by atoms with Crippen molar-refractivity contribution in [2.24, 2.45) is 0 Å². The third kappa shape index (κ3) is 4.21. The molecule has 0 aliphatic carbocycles. The largest absolute Gasteiger partial charge is 0.373 e. The minimum Gasteiger partial charge on any atom is -0.373 e. The second-order valence-corrected chi connectivity index (χ2v) is 4.84. The van der Waals surface area contributed by atoms with E-state index in [0.29, 0.717) is 12.1 Å². The Hall–Kier alpha value is -1.62. The van der Waals surface area contributed by atoms with Crippen LogP contribution in [0.3, 0.4) is 0 Å². The standard InChI is InChI=1S/C14H22N4O/c1-15-13-6-5-12(11-17-13)14(19)16-7-10-18-8-3-2-4-9-18/h5-6,11H,2-4,7-10H2,1H3,(H,15,17)(H,16,19). The van der Waals surface area contributed by atoms with Gasteiger partial charge in [0, 0.05) is 26.3 Å². The van der Waals surface area contributed by atoms with Crippen LogP contribution in [0.2, 0.25) is 0 Å². The summed E-state index contributed by atoms with van der Waals surface area (Å²) in [6, 6.07) is 3.59. The highest BCUT2D eigenvalue weighted by atomic mass is 16.1. The maximum atomic E-state index is 11.9. The summed E-state index contributed by atoms with van der Waals surface area (Å²) in [5.74, 6) is 0.719. The zero-order valence-electron chi connectivity index (χ0n) is 11.5. The molecule has 0 bridgehead atoms. The number of carbonyl (C=O) groups excluding carboxylic acids is 1. The van der Waals surface area contributed by atoms with E-state index in [0.717, 1.165) is 25.5 Å². The quantitative estimate of drug-likeness (QED) is 0.841. The number of piperidine rings is 1. The fourth-order valence-electron chi connectivity index (χ4n) is 2.29. The molecule has 0 aromatic carbocycles. The predicted molar refractivity (Wildman–Crippen MR) is 76.4 cm³/mol. The molecule has 2 N–H and O–H groups in total. The molecule has 0 atom stereocenters. The lowest BCUT2D eigenvalue weighted by atomic mass is 10.1. The summed E-state index contributed by atoms with van der Waals surface area (Å²) in [6.07, 6.45) is 5.50. The number of likely N-dealkylation sites (tertiary alicyclic amines) is 1. The number of anilines is 1. The topological polar surface area (TPSA) is 57.3 Å². The first-order valence-corrected chi connectivity index (χ1v) is 6.94. The molecule has 0 radical (unpaired) electrons. The molecule has 1 aliphatic heterocycles. The van der Waals surface area contributed by atoms with Gasteiger partial charge >= 0.3 is 0 Å². The van der Waals surface area contributed by atoms with Gasteiger partial charge < -0.3 is 15.5 Å². The van der Waals surface area contributed by atoms with Crippen LogP contribution in [-0.2, 0) is 0 Å². The highest BCUT2D eigenvalue weighted by Gasteiger charge is 2.10. The van der Waals surface area contributed by atoms with Gasteiger partial charge in [0.15, 0.2) is 0 Å². The van der Waals surface area contributed by atoms with Crippen molar-refractivity contribution >= 4 is 11.7 Å². The number of aromatic nitrogens is 1. The van der Waals surface area contributed by atoms with Crippen LogP contribution in [0.1, 0.15) is 29.6 Å². The lowest BCUT2D eigenvalue weighted by Gasteiger charge is -2.26. The molecule has 5 nitrogen and oxygen atoms in total. The van der Waals surface area contributed by atoms with Crippen LogP contribution in [0.15, 0.2) is 18.3 Å². The Kier molecular flexibility index (Phi) is 5.15. The van der Waals surface area contributed by atoms with Gasteiger partial charge in [-0.3, -0.25) is 4.79 Å². The lowest BCUT2D eigenvalue weighted by molar-refractivity contribution is 0.0946. The molecule has 0 unspecified atom stereocenters. The van der Waals surface area contributed by atoms with E-state index in [9.17, 15) is 4.79 Å². The molecule has 0 spiro atoms. The van der Waals surface area contributed by atoms with E-state index in [4.69, 9.17) is 0 Å². The number of carbonyl (C=O) groups is 1. The van der Waals surface area contributed by atoms with Gasteiger partial charge in [-0.1, -0.05) is 6.42 Å². The van der Waals surface area contributed by atoms with Gasteiger partial charge in [0.05, 0.1) is 5.56 Å². The molecule has 5 heteroatoms. The molecule has 1 saturated heterocycles. The molecule has 0 saturated carbocycles. The molecule has 19 heavy (non-hydrogen) atoms. The van der Waals surface area contributed by atoms with E-state index in [1.165, 1.54) is 19.3 Å². The highest BCUT2D eigenvalue weighted by Crippen LogP contribution is 2.07. The second-order valence-electron chi connectivity index (χ2n) is 4.84. The highest BCUT2D eigenvalue weighted by molar-refractivity contribution is 5.94. The first-order chi connectivity index (χ1) is 9.29. The Balaban J connectivity index is 1.73. The average Bonchev–Trinajstić information content (AvgIpc) is 2.48. The van der Waals surface area contributed by atoms with E-state index in [2.05, 4.69) is 20.5 Å². The van der Waals surface area contributed by atoms with Gasteiger partial charge in [-0.05, 0) is 38.1 Å². The van der Waals surface area contributed by atoms with Crippen LogP contribution < -0.4 is 10.6 Å². The SMILES string of the molecule is CNc1ccc(C(=O)NCCN2CCCCC2)cn1. The molecular formula is C14H22N4O. The number of rotatable bonds is 5. The van der Waals surface area contributed by atoms with Gasteiger partial charge in [0.2, 0.25) is 0 Å². The second kappa shape index (κ2) is 7.09. The zero-order valence-corrected chi connectivity index (χ0v) is 11.5. The van der Waals surface area contributed by atoms with E-state index < -0.39 is 0 Å². The number of pyridine rings is 1. The van der Waals surface area contributed by atoms with Gasteiger partial charge in [-0.15, -0.1) is 0 Å². The van der Waals surface area contributed by atoms with Gasteiger partial charge in [0.25, 0.3) is 5.91 Å². The number of hydrogen-bond donors (Lipinski definition) is 2. The van der Waals surface area contributed by atoms with E-state index in [-0.39, 0.29) is 5.91 Å². The third-order valence-electron chi connectivity index (χ3n) is 3.44. The number of amides is 1. The minimum atomic E-state index is -0.0489. The van der Waals surface area contributed by atoms with Crippen LogP contribution in [0.5, 0.6) is 0 Å². The molecule has 1 aromatic rings. The van der Waals surface area contributed by atoms with Crippen LogP contribution in [-0.4, -0.2) is 49.0 Å². The summed E-state index contributed by atoms with van der Waals surface area (Å²) in [7, 11) is 1.81. The maximum Gasteiger partial charge on any atom is 0.252 e. The normalized spacial score (nSPS) is 16.1. The van der Waals surface area contributed by atoms with Gasteiger partial charge in [0.1, 0.15) is 5.82 Å². The first-order valence-electron chi connectivity index (χ1n) is 6.94. The Morgan fingerprint density at radius 2 is 2.11 bits per heavy atom. The molecule has 104 valence electrons. The van der Waals surface area contributed by atoms with Crippen LogP contribution in [0.4, 0.5) is 5.82 Å². The Morgan fingerprint density at radius 3 is 2.74 bits per heavy atom. The fraction of sp³-hybridized carbons (Fsp3) is 0.571. The minimum absolute atomic E-state index is 0.0489. The molecular weight excluding hydrogens is 240 g/mol. The number of hydrogen-bond acceptors (Lipinski definition) is 4. The van der Waals surface area contributed by atoms with Crippen molar-refractivity contribution in [3.63, 3.8) is 0 Å².